The molecule has 0 aromatic heterocycles. The average molecular weight is 633 g/mol. The van der Waals surface area contributed by atoms with Gasteiger partial charge in [-0.25, -0.2) is 0 Å². The van der Waals surface area contributed by atoms with Crippen molar-refractivity contribution in [3.63, 3.8) is 0 Å². The first kappa shape index (κ1) is 39.9. The second-order valence-electron chi connectivity index (χ2n) is 7.78. The van der Waals surface area contributed by atoms with Crippen LogP contribution in [0.15, 0.2) is 97.1 Å². The van der Waals surface area contributed by atoms with Gasteiger partial charge in [0.25, 0.3) is 0 Å². The Morgan fingerprint density at radius 3 is 1.19 bits per heavy atom. The summed E-state index contributed by atoms with van der Waals surface area (Å²) in [6.45, 7) is 1.00. The number of anilines is 2. The summed E-state index contributed by atoms with van der Waals surface area (Å²) >= 11 is 0. The van der Waals surface area contributed by atoms with E-state index >= 15 is 0 Å². The summed E-state index contributed by atoms with van der Waals surface area (Å²) in [4.78, 5) is 0. The molecule has 0 spiro atoms. The fourth-order valence-corrected chi connectivity index (χ4v) is 3.08. The molecule has 0 amide bonds. The van der Waals surface area contributed by atoms with Gasteiger partial charge >= 0.3 is 59.1 Å². The maximum atomic E-state index is 9.09. The number of benzene rings is 4. The van der Waals surface area contributed by atoms with Crippen LogP contribution in [-0.2, 0) is 33.4 Å². The number of nitrogen functional groups attached to an aromatic ring is 2. The number of hydrogen-bond donors (Lipinski definition) is 2. The molecule has 0 radical (unpaired) electrons. The van der Waals surface area contributed by atoms with Crippen molar-refractivity contribution in [1.82, 2.24) is 0 Å². The van der Waals surface area contributed by atoms with Gasteiger partial charge in [-0.1, -0.05) is 60.7 Å². The number of ether oxygens (including phenoxy) is 4. The first-order valence-corrected chi connectivity index (χ1v) is 14.3. The van der Waals surface area contributed by atoms with Crippen LogP contribution in [0.5, 0.6) is 23.0 Å². The number of hydrogen-bond acceptors (Lipinski definition) is 10. The van der Waals surface area contributed by atoms with Gasteiger partial charge in [-0.15, -0.1) is 0 Å². The Morgan fingerprint density at radius 1 is 0.571 bits per heavy atom. The molecular formula is C28H30N2Na2O8S2. The van der Waals surface area contributed by atoms with Crippen molar-refractivity contribution >= 4 is 31.6 Å². The minimum atomic E-state index is -2.95. The summed E-state index contributed by atoms with van der Waals surface area (Å²) in [6.07, 6.45) is 0. The topological polar surface area (TPSA) is 169 Å². The van der Waals surface area contributed by atoms with Gasteiger partial charge in [0.2, 0.25) is 0 Å². The van der Waals surface area contributed by atoms with Gasteiger partial charge < -0.3 is 39.5 Å². The second-order valence-corrected chi connectivity index (χ2v) is 10.2. The van der Waals surface area contributed by atoms with Gasteiger partial charge in [-0.2, -0.15) is 0 Å². The molecule has 42 heavy (non-hydrogen) atoms. The monoisotopic (exact) mass is 632 g/mol. The van der Waals surface area contributed by atoms with E-state index in [2.05, 4.69) is 0 Å². The van der Waals surface area contributed by atoms with E-state index in [-0.39, 0.29) is 59.1 Å². The van der Waals surface area contributed by atoms with Gasteiger partial charge in [-0.3, -0.25) is 8.42 Å². The minimum absolute atomic E-state index is 0. The Labute approximate surface area is 294 Å². The molecule has 2 atom stereocenters. The molecule has 4 aromatic carbocycles. The van der Waals surface area contributed by atoms with Crippen LogP contribution < -0.4 is 89.5 Å². The maximum Gasteiger partial charge on any atom is 1.00 e. The van der Waals surface area contributed by atoms with Crippen LogP contribution in [0.25, 0.3) is 0 Å². The van der Waals surface area contributed by atoms with Gasteiger partial charge in [0.1, 0.15) is 13.2 Å². The molecule has 0 fully saturated rings. The van der Waals surface area contributed by atoms with Crippen molar-refractivity contribution in [3.8, 4) is 23.0 Å². The number of nitrogens with two attached hydrogens (primary N) is 2. The number of methoxy groups -OCH3 is 2. The van der Waals surface area contributed by atoms with E-state index in [9.17, 15) is 0 Å². The van der Waals surface area contributed by atoms with E-state index in [1.165, 1.54) is 0 Å². The van der Waals surface area contributed by atoms with Crippen molar-refractivity contribution < 1.29 is 95.6 Å². The summed E-state index contributed by atoms with van der Waals surface area (Å²) in [6, 6.07) is 30.6. The Kier molecular flexibility index (Phi) is 21.3. The van der Waals surface area contributed by atoms with Crippen LogP contribution in [0.2, 0.25) is 0 Å². The zero-order valence-electron chi connectivity index (χ0n) is 23.9. The molecule has 0 aliphatic carbocycles. The molecule has 0 aliphatic rings. The van der Waals surface area contributed by atoms with Gasteiger partial charge in [0, 0.05) is 43.7 Å². The molecule has 0 aliphatic heterocycles. The standard InChI is InChI=1S/2C14H15NO2.2Na.H2O4S2/c2*1-16-13-8-7-12(15)9-14(13)17-10-11-5-3-2-4-6-11;;;1-5(2)6(3)4/h2*2-9H,10,15H2,1H3;;;(H,1,2)(H,3,4)/q;;2*+1;/p-2. The summed E-state index contributed by atoms with van der Waals surface area (Å²) in [5, 5.41) is 0. The van der Waals surface area contributed by atoms with Gasteiger partial charge in [-0.05, 0) is 35.4 Å². The molecule has 214 valence electrons. The zero-order valence-corrected chi connectivity index (χ0v) is 29.5. The summed E-state index contributed by atoms with van der Waals surface area (Å²) in [5.74, 6) is 2.71. The molecule has 2 unspecified atom stereocenters. The normalized spacial score (nSPS) is 10.9. The van der Waals surface area contributed by atoms with Crippen LogP contribution in [0.1, 0.15) is 11.1 Å². The van der Waals surface area contributed by atoms with E-state index in [4.69, 9.17) is 47.9 Å². The van der Waals surface area contributed by atoms with Crippen LogP contribution >= 0.6 is 0 Å². The number of rotatable bonds is 9. The molecule has 0 saturated carbocycles. The third-order valence-corrected chi connectivity index (χ3v) is 5.85. The van der Waals surface area contributed by atoms with Crippen LogP contribution in [0.4, 0.5) is 11.4 Å². The first-order valence-electron chi connectivity index (χ1n) is 11.6. The van der Waals surface area contributed by atoms with Crippen molar-refractivity contribution in [1.29, 1.82) is 0 Å². The Balaban J connectivity index is 0.000000647. The smallest absolute Gasteiger partial charge is 0.763 e. The molecule has 4 rings (SSSR count). The molecular weight excluding hydrogens is 602 g/mol. The van der Waals surface area contributed by atoms with E-state index in [0.29, 0.717) is 47.6 Å². The van der Waals surface area contributed by atoms with Crippen molar-refractivity contribution in [3.05, 3.63) is 108 Å². The Morgan fingerprint density at radius 2 is 0.905 bits per heavy atom. The van der Waals surface area contributed by atoms with Crippen LogP contribution in [0.3, 0.4) is 0 Å². The SMILES string of the molecule is COc1ccc(N)cc1OCc1ccccc1.COc1ccc(N)cc1OCc1ccccc1.O=S([O-])S(=O)[O-].[Na+].[Na+]. The Hall–Kier alpha value is -2.10. The van der Waals surface area contributed by atoms with Crippen LogP contribution in [-0.4, -0.2) is 31.7 Å². The average Bonchev–Trinajstić information content (AvgIpc) is 2.97. The fraction of sp³-hybridized carbons (Fsp3) is 0.143. The molecule has 10 nitrogen and oxygen atoms in total. The summed E-state index contributed by atoms with van der Waals surface area (Å²) in [5.41, 5.74) is 15.0. The van der Waals surface area contributed by atoms with E-state index in [1.54, 1.807) is 50.6 Å². The van der Waals surface area contributed by atoms with Crippen LogP contribution in [0, 0.1) is 0 Å². The van der Waals surface area contributed by atoms with E-state index in [0.717, 1.165) is 11.1 Å². The molecule has 4 N–H and O–H groups in total. The third-order valence-electron chi connectivity index (χ3n) is 4.96. The molecule has 0 heterocycles. The predicted molar refractivity (Wildman–Crippen MR) is 154 cm³/mol. The Bertz CT molecular complexity index is 1270. The second kappa shape index (κ2) is 22.4. The maximum absolute atomic E-state index is 9.09. The molecule has 0 saturated heterocycles. The predicted octanol–water partition coefficient (Wildman–Crippen LogP) is -1.62. The van der Waals surface area contributed by atoms with E-state index in [1.807, 2.05) is 60.7 Å². The summed E-state index contributed by atoms with van der Waals surface area (Å²) in [7, 11) is -2.68. The zero-order chi connectivity index (χ0) is 29.3. The first-order chi connectivity index (χ1) is 19.2. The fourth-order valence-electron chi connectivity index (χ4n) is 3.08. The van der Waals surface area contributed by atoms with Crippen molar-refractivity contribution in [2.75, 3.05) is 25.7 Å². The summed E-state index contributed by atoms with van der Waals surface area (Å²) < 4.78 is 58.1. The van der Waals surface area contributed by atoms with Gasteiger partial charge in [0.15, 0.2) is 23.0 Å². The van der Waals surface area contributed by atoms with Crippen molar-refractivity contribution in [2.45, 2.75) is 13.2 Å². The quantitative estimate of drug-likeness (QED) is 0.0947. The van der Waals surface area contributed by atoms with Crippen molar-refractivity contribution in [2.24, 2.45) is 0 Å². The minimum Gasteiger partial charge on any atom is -0.763 e. The molecule has 4 aromatic rings. The van der Waals surface area contributed by atoms with Gasteiger partial charge in [0.05, 0.1) is 14.2 Å². The largest absolute Gasteiger partial charge is 1.00 e. The molecule has 14 heteroatoms. The molecule has 0 bridgehead atoms. The van der Waals surface area contributed by atoms with E-state index < -0.39 is 20.2 Å². The third kappa shape index (κ3) is 15.4.